The summed E-state index contributed by atoms with van der Waals surface area (Å²) >= 11 is 0. The smallest absolute Gasteiger partial charge is 0.407 e. The van der Waals surface area contributed by atoms with Crippen molar-refractivity contribution in [2.45, 2.75) is 185 Å². The van der Waals surface area contributed by atoms with Crippen LogP contribution in [0, 0.1) is 29.6 Å². The van der Waals surface area contributed by atoms with Crippen LogP contribution < -0.4 is 11.1 Å². The number of carbonyl (C=O) groups is 4. The third kappa shape index (κ3) is 23.9. The number of ether oxygens (including phenoxy) is 12. The molecule has 16 atom stereocenters. The number of fused-ring (bicyclic) bond motifs is 3. The van der Waals surface area contributed by atoms with E-state index in [0.717, 1.165) is 18.4 Å². The van der Waals surface area contributed by atoms with Gasteiger partial charge in [-0.1, -0.05) is 70.6 Å². The molecule has 4 aliphatic rings. The summed E-state index contributed by atoms with van der Waals surface area (Å²) in [5, 5.41) is 26.3. The molecule has 3 fully saturated rings. The lowest BCUT2D eigenvalue weighted by molar-refractivity contribution is -0.268. The first-order valence-corrected chi connectivity index (χ1v) is 30.2. The Balaban J connectivity index is 1.52. The summed E-state index contributed by atoms with van der Waals surface area (Å²) in [5.74, 6) is -4.60. The van der Waals surface area contributed by atoms with Crippen molar-refractivity contribution in [3.8, 4) is 0 Å². The maximum atomic E-state index is 14.6. The Kier molecular flexibility index (Phi) is 33.5. The number of hydrogen-bond acceptors (Lipinski definition) is 20. The zero-order chi connectivity index (χ0) is 60.9. The first-order valence-electron chi connectivity index (χ1n) is 30.2. The van der Waals surface area contributed by atoms with E-state index in [1.807, 2.05) is 69.1 Å². The van der Waals surface area contributed by atoms with Crippen LogP contribution in [-0.4, -0.2) is 214 Å². The molecule has 4 rings (SSSR count). The third-order valence-corrected chi connectivity index (χ3v) is 16.8. The predicted molar refractivity (Wildman–Crippen MR) is 312 cm³/mol. The van der Waals surface area contributed by atoms with Crippen molar-refractivity contribution < 1.29 is 86.2 Å². The molecule has 0 aromatic carbocycles. The Bertz CT molecular complexity index is 2040. The summed E-state index contributed by atoms with van der Waals surface area (Å²) in [6.45, 7) is 14.6. The molecule has 83 heavy (non-hydrogen) atoms. The van der Waals surface area contributed by atoms with Gasteiger partial charge >= 0.3 is 12.1 Å². The highest BCUT2D eigenvalue weighted by atomic mass is 16.6. The number of allylic oxidation sites excluding steroid dienone is 5. The minimum Gasteiger partial charge on any atom is -0.459 e. The summed E-state index contributed by atoms with van der Waals surface area (Å²) in [7, 11) is 7.83. The summed E-state index contributed by atoms with van der Waals surface area (Å²) in [5.41, 5.74) is 8.62. The van der Waals surface area contributed by atoms with Gasteiger partial charge in [0.05, 0.1) is 70.7 Å². The molecule has 21 heteroatoms. The molecule has 0 aromatic heterocycles. The lowest BCUT2D eigenvalue weighted by Gasteiger charge is -2.41. The average molecular weight is 1180 g/mol. The molecule has 1 amide bonds. The number of rotatable bonds is 20. The van der Waals surface area contributed by atoms with E-state index in [1.165, 1.54) is 7.11 Å². The number of nitrogens with zero attached hydrogens (tertiary/aromatic N) is 1. The summed E-state index contributed by atoms with van der Waals surface area (Å²) < 4.78 is 69.6. The zero-order valence-electron chi connectivity index (χ0n) is 51.8. The predicted octanol–water partition coefficient (Wildman–Crippen LogP) is 6.20. The van der Waals surface area contributed by atoms with Crippen molar-refractivity contribution in [1.82, 2.24) is 10.2 Å². The number of amides is 1. The Hall–Kier alpha value is -3.52. The third-order valence-electron chi connectivity index (χ3n) is 16.8. The number of nitrogens with one attached hydrogen (secondary N) is 1. The van der Waals surface area contributed by atoms with Crippen LogP contribution >= 0.6 is 0 Å². The van der Waals surface area contributed by atoms with Gasteiger partial charge in [-0.25, -0.2) is 4.79 Å². The van der Waals surface area contributed by atoms with Crippen LogP contribution in [0.4, 0.5) is 4.79 Å². The van der Waals surface area contributed by atoms with Crippen LogP contribution in [0.25, 0.3) is 0 Å². The molecule has 2 bridgehead atoms. The van der Waals surface area contributed by atoms with E-state index in [2.05, 4.69) is 5.32 Å². The van der Waals surface area contributed by atoms with Gasteiger partial charge in [-0.3, -0.25) is 19.3 Å². The number of cyclic esters (lactones) is 1. The fraction of sp³-hybridized carbons (Fsp3) is 0.806. The van der Waals surface area contributed by atoms with E-state index in [9.17, 15) is 29.4 Å². The zero-order valence-corrected chi connectivity index (χ0v) is 51.8. The Morgan fingerprint density at radius 2 is 1.48 bits per heavy atom. The minimum absolute atomic E-state index is 0.0192. The lowest BCUT2D eigenvalue weighted by atomic mass is 9.80. The Morgan fingerprint density at radius 3 is 2.16 bits per heavy atom. The molecule has 1 aliphatic carbocycles. The van der Waals surface area contributed by atoms with E-state index in [1.54, 1.807) is 42.3 Å². The second-order valence-electron chi connectivity index (χ2n) is 23.2. The second-order valence-corrected chi connectivity index (χ2v) is 23.2. The van der Waals surface area contributed by atoms with Gasteiger partial charge < -0.3 is 78.1 Å². The van der Waals surface area contributed by atoms with Gasteiger partial charge in [0.25, 0.3) is 0 Å². The van der Waals surface area contributed by atoms with E-state index in [4.69, 9.17) is 62.6 Å². The quantitative estimate of drug-likeness (QED) is 0.0601. The van der Waals surface area contributed by atoms with Crippen molar-refractivity contribution >= 4 is 23.6 Å². The van der Waals surface area contributed by atoms with E-state index >= 15 is 0 Å². The molecule has 1 saturated carbocycles. The van der Waals surface area contributed by atoms with Gasteiger partial charge in [0.15, 0.2) is 5.78 Å². The maximum Gasteiger partial charge on any atom is 0.407 e. The number of methoxy groups -OCH3 is 5. The SMILES string of the molecule is COCCOCCOCCOCCNC(=O)O[C@@H]1CC[C@@H](C[C@@H](N)[C@@H]2C[C@@H](OC)[C@H](C)/C=C(\C)[C@@H](O)[C@@H](OC)C(=O)[C@H](C)C[C@H](C)/C=C/C=C/C=C(\C)[C@@H](OC)C[C@@H]3CC[C@@H](C)[C@@](O)(O3)C(=O)COCN3CCCC[C@H]3C(=O)O2)C[C@H]1OC. The second kappa shape index (κ2) is 38.6. The van der Waals surface area contributed by atoms with Crippen molar-refractivity contribution in [1.29, 1.82) is 0 Å². The van der Waals surface area contributed by atoms with E-state index < -0.39 is 96.9 Å². The van der Waals surface area contributed by atoms with Crippen molar-refractivity contribution in [2.24, 2.45) is 35.3 Å². The Labute approximate surface area is 494 Å². The van der Waals surface area contributed by atoms with Crippen LogP contribution in [0.15, 0.2) is 47.6 Å². The van der Waals surface area contributed by atoms with Crippen LogP contribution in [0.5, 0.6) is 0 Å². The molecule has 0 aromatic rings. The van der Waals surface area contributed by atoms with E-state index in [0.29, 0.717) is 110 Å². The number of alkyl carbamates (subject to hydrolysis) is 1. The highest BCUT2D eigenvalue weighted by Crippen LogP contribution is 2.37. The normalized spacial score (nSPS) is 35.5. The number of aliphatic hydroxyl groups is 2. The topological polar surface area (TPSA) is 261 Å². The van der Waals surface area contributed by atoms with Gasteiger partial charge in [0.2, 0.25) is 11.6 Å². The van der Waals surface area contributed by atoms with Crippen LogP contribution in [0.2, 0.25) is 0 Å². The molecular formula is C62H105N3O18. The van der Waals surface area contributed by atoms with Gasteiger partial charge in [-0.05, 0) is 94.6 Å². The van der Waals surface area contributed by atoms with Crippen LogP contribution in [0.3, 0.4) is 0 Å². The molecular weight excluding hydrogens is 1070 g/mol. The van der Waals surface area contributed by atoms with Crippen LogP contribution in [0.1, 0.15) is 119 Å². The fourth-order valence-electron chi connectivity index (χ4n) is 11.7. The van der Waals surface area contributed by atoms with Crippen molar-refractivity contribution in [3.63, 3.8) is 0 Å². The molecule has 476 valence electrons. The molecule has 0 spiro atoms. The van der Waals surface area contributed by atoms with Crippen molar-refractivity contribution in [2.75, 3.05) is 108 Å². The molecule has 5 N–H and O–H groups in total. The average Bonchev–Trinajstić information content (AvgIpc) is 3.67. The summed E-state index contributed by atoms with van der Waals surface area (Å²) in [6, 6.07) is -1.38. The molecule has 3 aliphatic heterocycles. The summed E-state index contributed by atoms with van der Waals surface area (Å²) in [4.78, 5) is 57.2. The van der Waals surface area contributed by atoms with E-state index in [-0.39, 0.29) is 55.9 Å². The molecule has 0 unspecified atom stereocenters. The van der Waals surface area contributed by atoms with Crippen LogP contribution in [-0.2, 0) is 71.2 Å². The highest BCUT2D eigenvalue weighted by molar-refractivity contribution is 5.87. The van der Waals surface area contributed by atoms with Gasteiger partial charge in [-0.15, -0.1) is 0 Å². The first kappa shape index (κ1) is 72.0. The molecule has 0 radical (unpaired) electrons. The van der Waals surface area contributed by atoms with Gasteiger partial charge in [0, 0.05) is 85.3 Å². The number of hydrogen-bond donors (Lipinski definition) is 4. The number of nitrogens with two attached hydrogens (primary N) is 1. The van der Waals surface area contributed by atoms with Gasteiger partial charge in [-0.2, -0.15) is 0 Å². The number of piperidine rings is 1. The number of aliphatic hydroxyl groups excluding tert-OH is 1. The number of Topliss-reactive ketones (excluding diaryl/α,β-unsaturated/α-hetero) is 2. The number of esters is 1. The Morgan fingerprint density at radius 1 is 0.783 bits per heavy atom. The maximum absolute atomic E-state index is 14.6. The lowest BCUT2D eigenvalue weighted by Crippen LogP contribution is -2.55. The van der Waals surface area contributed by atoms with Gasteiger partial charge in [0.1, 0.15) is 43.8 Å². The molecule has 21 nitrogen and oxygen atoms in total. The standard InChI is InChI=1S/C62H105N3O18/c1-41-17-13-12-14-18-42(2)52(73-8)37-48-22-20-46(6)62(71,83-48)56(66)39-80-40-65-25-16-15-19-50(65)60(69)81-54(38-53(74-9)43(3)34-45(5)58(68)59(76-11)57(67)44(4)33-41)49(63)35-47-21-23-51(55(36-47)75-10)82-61(70)64-24-26-77-29-30-79-32-31-78-28-27-72-7/h12-14,17-18,34,41,43-44,46-55,58-59,68,71H,15-16,19-33,35-40,63H2,1-11H3,(H,64,70)/b14-12+,17-13+,42-18+,45-34+/t41-,43-,44-,46-,47+,48+,49-,50+,51-,52+,53-,54+,55-,58-,59+,62-/m1/s1. The van der Waals surface area contributed by atoms with Crippen molar-refractivity contribution in [3.05, 3.63) is 47.6 Å². The number of ketones is 2. The number of carbonyl (C=O) groups excluding carboxylic acids is 4. The minimum atomic E-state index is -2.07. The monoisotopic (exact) mass is 1180 g/mol. The molecule has 3 heterocycles. The summed E-state index contributed by atoms with van der Waals surface area (Å²) in [6.07, 6.45) is 12.1. The fourth-order valence-corrected chi connectivity index (χ4v) is 11.7. The highest BCUT2D eigenvalue weighted by Gasteiger charge is 2.48. The first-order chi connectivity index (χ1) is 39.8. The molecule has 2 saturated heterocycles. The largest absolute Gasteiger partial charge is 0.459 e.